The largest absolute Gasteiger partial charge is 0.465 e. The Hall–Kier alpha value is -0.530. The molecule has 1 atom stereocenters. The van der Waals surface area contributed by atoms with E-state index in [9.17, 15) is 4.79 Å². The van der Waals surface area contributed by atoms with Crippen LogP contribution in [0.25, 0.3) is 0 Å². The predicted octanol–water partition coefficient (Wildman–Crippen LogP) is 16.8. The van der Waals surface area contributed by atoms with Gasteiger partial charge in [0.15, 0.2) is 0 Å². The van der Waals surface area contributed by atoms with Crippen LogP contribution in [-0.4, -0.2) is 12.6 Å². The van der Waals surface area contributed by atoms with Crippen LogP contribution in [0.4, 0.5) is 0 Å². The highest BCUT2D eigenvalue weighted by molar-refractivity contribution is 5.72. The molecular weight excluding hydrogens is 585 g/mol. The molecule has 0 saturated heterocycles. The Kier molecular flexibility index (Phi) is 42.2. The van der Waals surface area contributed by atoms with E-state index in [1.807, 2.05) is 0 Å². The maximum atomic E-state index is 13.1. The maximum absolute atomic E-state index is 13.1. The third kappa shape index (κ3) is 38.3. The molecule has 1 unspecified atom stereocenters. The Labute approximate surface area is 304 Å². The molecule has 0 heterocycles. The van der Waals surface area contributed by atoms with Gasteiger partial charge in [-0.2, -0.15) is 0 Å². The molecule has 288 valence electrons. The lowest BCUT2D eigenvalue weighted by Gasteiger charge is -2.16. The molecule has 0 aromatic heterocycles. The van der Waals surface area contributed by atoms with Crippen molar-refractivity contribution in [3.63, 3.8) is 0 Å². The number of esters is 1. The van der Waals surface area contributed by atoms with Crippen molar-refractivity contribution in [1.29, 1.82) is 0 Å². The zero-order chi connectivity index (χ0) is 34.9. The molecule has 0 aliphatic heterocycles. The van der Waals surface area contributed by atoms with E-state index in [-0.39, 0.29) is 11.9 Å². The molecule has 0 N–H and O–H groups in total. The van der Waals surface area contributed by atoms with Crippen LogP contribution in [-0.2, 0) is 9.53 Å². The lowest BCUT2D eigenvalue weighted by Crippen LogP contribution is -2.18. The summed E-state index contributed by atoms with van der Waals surface area (Å²) in [5, 5.41) is 0. The minimum Gasteiger partial charge on any atom is -0.465 e. The zero-order valence-corrected chi connectivity index (χ0v) is 33.9. The number of rotatable bonds is 42. The Balaban J connectivity index is 3.98. The van der Waals surface area contributed by atoms with Crippen molar-refractivity contribution in [2.24, 2.45) is 5.92 Å². The summed E-state index contributed by atoms with van der Waals surface area (Å²) in [5.74, 6) is 0.261. The van der Waals surface area contributed by atoms with E-state index in [1.54, 1.807) is 0 Å². The van der Waals surface area contributed by atoms with Crippen LogP contribution in [0, 0.1) is 5.92 Å². The molecule has 0 aromatic rings. The van der Waals surface area contributed by atoms with Gasteiger partial charge in [0.2, 0.25) is 0 Å². The molecule has 0 bridgehead atoms. The minimum atomic E-state index is 0.119. The first-order valence-electron chi connectivity index (χ1n) is 22.9. The summed E-state index contributed by atoms with van der Waals surface area (Å²) in [6.45, 7) is 7.53. The Morgan fingerprint density at radius 3 is 0.771 bits per heavy atom. The second-order valence-corrected chi connectivity index (χ2v) is 15.8. The summed E-state index contributed by atoms with van der Waals surface area (Å²) < 4.78 is 5.87. The highest BCUT2D eigenvalue weighted by Gasteiger charge is 2.19. The Morgan fingerprint density at radius 2 is 0.521 bits per heavy atom. The third-order valence-electron chi connectivity index (χ3n) is 10.9. The lowest BCUT2D eigenvalue weighted by atomic mass is 9.94. The average molecular weight is 677 g/mol. The molecule has 0 spiro atoms. The maximum Gasteiger partial charge on any atom is 0.308 e. The van der Waals surface area contributed by atoms with Gasteiger partial charge in [0, 0.05) is 0 Å². The SMILES string of the molecule is CCCCCCCCCCCCCCCCCCCCC(CCCCCCCCCCCC)C(=O)OCCCCCCCCCCCC. The van der Waals surface area contributed by atoms with Gasteiger partial charge in [-0.05, 0) is 19.3 Å². The first kappa shape index (κ1) is 47.5. The smallest absolute Gasteiger partial charge is 0.308 e. The lowest BCUT2D eigenvalue weighted by molar-refractivity contribution is -0.149. The number of carbonyl (C=O) groups is 1. The predicted molar refractivity (Wildman–Crippen MR) is 216 cm³/mol. The summed E-state index contributed by atoms with van der Waals surface area (Å²) in [6.07, 6.45) is 54.3. The standard InChI is InChI=1S/C46H92O2/c1-4-7-10-13-16-19-22-23-24-25-26-27-28-29-31-34-37-40-43-45(42-39-36-33-30-20-17-14-11-8-5-2)46(47)48-44-41-38-35-32-21-18-15-12-9-6-3/h45H,4-44H2,1-3H3. The molecule has 0 rings (SSSR count). The first-order chi connectivity index (χ1) is 23.8. The van der Waals surface area contributed by atoms with E-state index in [1.165, 1.54) is 238 Å². The fraction of sp³-hybridized carbons (Fsp3) is 0.978. The highest BCUT2D eigenvalue weighted by atomic mass is 16.5. The van der Waals surface area contributed by atoms with E-state index >= 15 is 0 Å². The second kappa shape index (κ2) is 42.6. The van der Waals surface area contributed by atoms with E-state index < -0.39 is 0 Å². The van der Waals surface area contributed by atoms with Crippen LogP contribution in [0.2, 0.25) is 0 Å². The molecule has 48 heavy (non-hydrogen) atoms. The fourth-order valence-corrected chi connectivity index (χ4v) is 7.43. The first-order valence-corrected chi connectivity index (χ1v) is 22.9. The topological polar surface area (TPSA) is 26.3 Å². The van der Waals surface area contributed by atoms with E-state index in [4.69, 9.17) is 4.74 Å². The molecule has 0 aliphatic rings. The zero-order valence-electron chi connectivity index (χ0n) is 33.9. The molecule has 2 heteroatoms. The van der Waals surface area contributed by atoms with Crippen molar-refractivity contribution in [2.45, 2.75) is 278 Å². The molecular formula is C46H92O2. The minimum absolute atomic E-state index is 0.119. The van der Waals surface area contributed by atoms with Crippen LogP contribution in [0.15, 0.2) is 0 Å². The summed E-state index contributed by atoms with van der Waals surface area (Å²) in [4.78, 5) is 13.1. The molecule has 0 amide bonds. The number of hydrogen-bond acceptors (Lipinski definition) is 2. The van der Waals surface area contributed by atoms with Crippen LogP contribution < -0.4 is 0 Å². The highest BCUT2D eigenvalue weighted by Crippen LogP contribution is 2.22. The summed E-state index contributed by atoms with van der Waals surface area (Å²) >= 11 is 0. The van der Waals surface area contributed by atoms with Crippen molar-refractivity contribution in [1.82, 2.24) is 0 Å². The van der Waals surface area contributed by atoms with Crippen molar-refractivity contribution < 1.29 is 9.53 Å². The van der Waals surface area contributed by atoms with Gasteiger partial charge in [0.05, 0.1) is 12.5 Å². The van der Waals surface area contributed by atoms with Crippen LogP contribution in [0.1, 0.15) is 278 Å². The van der Waals surface area contributed by atoms with Crippen LogP contribution >= 0.6 is 0 Å². The van der Waals surface area contributed by atoms with Gasteiger partial charge in [-0.25, -0.2) is 0 Å². The molecule has 0 aliphatic carbocycles. The van der Waals surface area contributed by atoms with Crippen LogP contribution in [0.3, 0.4) is 0 Å². The van der Waals surface area contributed by atoms with Crippen molar-refractivity contribution in [3.05, 3.63) is 0 Å². The van der Waals surface area contributed by atoms with E-state index in [0.717, 1.165) is 19.3 Å². The van der Waals surface area contributed by atoms with Gasteiger partial charge >= 0.3 is 5.97 Å². The van der Waals surface area contributed by atoms with Gasteiger partial charge in [-0.1, -0.05) is 258 Å². The van der Waals surface area contributed by atoms with Gasteiger partial charge < -0.3 is 4.74 Å². The van der Waals surface area contributed by atoms with Gasteiger partial charge in [-0.15, -0.1) is 0 Å². The van der Waals surface area contributed by atoms with E-state index in [2.05, 4.69) is 20.8 Å². The molecule has 0 aromatic carbocycles. The number of carbonyl (C=O) groups excluding carboxylic acids is 1. The summed E-state index contributed by atoms with van der Waals surface area (Å²) in [5.41, 5.74) is 0. The Morgan fingerprint density at radius 1 is 0.312 bits per heavy atom. The van der Waals surface area contributed by atoms with Crippen molar-refractivity contribution in [3.8, 4) is 0 Å². The average Bonchev–Trinajstić information content (AvgIpc) is 3.09. The van der Waals surface area contributed by atoms with Crippen LogP contribution in [0.5, 0.6) is 0 Å². The van der Waals surface area contributed by atoms with Gasteiger partial charge in [-0.3, -0.25) is 4.79 Å². The van der Waals surface area contributed by atoms with E-state index in [0.29, 0.717) is 6.61 Å². The number of unbranched alkanes of at least 4 members (excludes halogenated alkanes) is 35. The molecule has 0 saturated carbocycles. The number of ether oxygens (including phenoxy) is 1. The third-order valence-corrected chi connectivity index (χ3v) is 10.9. The molecule has 0 radical (unpaired) electrons. The van der Waals surface area contributed by atoms with Crippen molar-refractivity contribution in [2.75, 3.05) is 6.61 Å². The molecule has 2 nitrogen and oxygen atoms in total. The number of hydrogen-bond donors (Lipinski definition) is 0. The monoisotopic (exact) mass is 677 g/mol. The molecule has 0 fully saturated rings. The second-order valence-electron chi connectivity index (χ2n) is 15.8. The van der Waals surface area contributed by atoms with Crippen molar-refractivity contribution >= 4 is 5.97 Å². The quantitative estimate of drug-likeness (QED) is 0.0475. The summed E-state index contributed by atoms with van der Waals surface area (Å²) in [6, 6.07) is 0. The normalized spacial score (nSPS) is 12.1. The van der Waals surface area contributed by atoms with Gasteiger partial charge in [0.1, 0.15) is 0 Å². The summed E-state index contributed by atoms with van der Waals surface area (Å²) in [7, 11) is 0. The Bertz CT molecular complexity index is 587. The fourth-order valence-electron chi connectivity index (χ4n) is 7.43. The van der Waals surface area contributed by atoms with Gasteiger partial charge in [0.25, 0.3) is 0 Å².